The Morgan fingerprint density at radius 1 is 1.06 bits per heavy atom. The first-order valence-corrected chi connectivity index (χ1v) is 11.5. The number of Topliss-reactive ketones (excluding diaryl/α,β-unsaturated/α-hetero) is 1. The number of aliphatic hydroxyl groups excluding tert-OH is 1. The van der Waals surface area contributed by atoms with E-state index in [2.05, 4.69) is 11.9 Å². The van der Waals surface area contributed by atoms with Gasteiger partial charge in [-0.15, -0.1) is 0 Å². The number of rotatable bonds is 8. The molecule has 0 saturated carbocycles. The van der Waals surface area contributed by atoms with Gasteiger partial charge in [0.1, 0.15) is 11.5 Å². The monoisotopic (exact) mass is 456 g/mol. The van der Waals surface area contributed by atoms with Gasteiger partial charge in [0, 0.05) is 24.5 Å². The molecule has 4 rings (SSSR count). The summed E-state index contributed by atoms with van der Waals surface area (Å²) in [7, 11) is 0. The van der Waals surface area contributed by atoms with Crippen molar-refractivity contribution in [1.29, 1.82) is 0 Å². The van der Waals surface area contributed by atoms with Crippen molar-refractivity contribution in [3.8, 4) is 5.75 Å². The van der Waals surface area contributed by atoms with E-state index in [1.165, 1.54) is 4.90 Å². The number of carbonyl (C=O) groups is 2. The Hall–Kier alpha value is -3.93. The van der Waals surface area contributed by atoms with Gasteiger partial charge in [-0.3, -0.25) is 14.6 Å². The smallest absolute Gasteiger partial charge is 0.295 e. The van der Waals surface area contributed by atoms with Crippen molar-refractivity contribution >= 4 is 17.4 Å². The molecule has 0 aliphatic carbocycles. The normalized spacial score (nSPS) is 17.2. The maximum Gasteiger partial charge on any atom is 0.295 e. The van der Waals surface area contributed by atoms with E-state index in [1.54, 1.807) is 36.7 Å². The summed E-state index contributed by atoms with van der Waals surface area (Å²) >= 11 is 0. The maximum atomic E-state index is 13.2. The highest BCUT2D eigenvalue weighted by Crippen LogP contribution is 2.41. The minimum Gasteiger partial charge on any atom is -0.507 e. The molecular formula is C28H28N2O4. The molecule has 1 aromatic heterocycles. The van der Waals surface area contributed by atoms with Crippen LogP contribution < -0.4 is 4.74 Å². The molecule has 2 heterocycles. The van der Waals surface area contributed by atoms with Gasteiger partial charge in [0.2, 0.25) is 0 Å². The average molecular weight is 457 g/mol. The summed E-state index contributed by atoms with van der Waals surface area (Å²) in [5.74, 6) is -0.865. The van der Waals surface area contributed by atoms with Crippen LogP contribution in [0.2, 0.25) is 0 Å². The van der Waals surface area contributed by atoms with Gasteiger partial charge in [-0.1, -0.05) is 55.3 Å². The predicted molar refractivity (Wildman–Crippen MR) is 130 cm³/mol. The predicted octanol–water partition coefficient (Wildman–Crippen LogP) is 5.19. The van der Waals surface area contributed by atoms with Crippen LogP contribution >= 0.6 is 0 Å². The number of nitrogens with zero attached hydrogens (tertiary/aromatic N) is 2. The van der Waals surface area contributed by atoms with Crippen LogP contribution in [0.3, 0.4) is 0 Å². The molecular weight excluding hydrogens is 428 g/mol. The number of ether oxygens (including phenoxy) is 1. The van der Waals surface area contributed by atoms with E-state index >= 15 is 0 Å². The van der Waals surface area contributed by atoms with Gasteiger partial charge in [-0.05, 0) is 48.7 Å². The number of likely N-dealkylation sites (tertiary alicyclic amines) is 1. The van der Waals surface area contributed by atoms with Crippen LogP contribution in [0.15, 0.2) is 78.6 Å². The van der Waals surface area contributed by atoms with E-state index in [1.807, 2.05) is 43.3 Å². The highest BCUT2D eigenvalue weighted by Gasteiger charge is 2.46. The Kier molecular flexibility index (Phi) is 7.07. The van der Waals surface area contributed by atoms with Crippen LogP contribution in [-0.2, 0) is 16.1 Å². The van der Waals surface area contributed by atoms with Crippen LogP contribution in [0.5, 0.6) is 5.75 Å². The minimum atomic E-state index is -0.746. The zero-order valence-corrected chi connectivity index (χ0v) is 19.4. The van der Waals surface area contributed by atoms with E-state index in [0.29, 0.717) is 23.5 Å². The molecule has 1 aliphatic heterocycles. The summed E-state index contributed by atoms with van der Waals surface area (Å²) in [5, 5.41) is 11.2. The van der Waals surface area contributed by atoms with Crippen LogP contribution in [0.25, 0.3) is 5.76 Å². The molecule has 6 nitrogen and oxygen atoms in total. The molecule has 174 valence electrons. The van der Waals surface area contributed by atoms with Gasteiger partial charge in [0.25, 0.3) is 11.7 Å². The van der Waals surface area contributed by atoms with Crippen LogP contribution in [0.4, 0.5) is 0 Å². The lowest BCUT2D eigenvalue weighted by atomic mass is 9.94. The zero-order chi connectivity index (χ0) is 24.1. The maximum absolute atomic E-state index is 13.2. The molecule has 1 atom stereocenters. The topological polar surface area (TPSA) is 79.7 Å². The third-order valence-electron chi connectivity index (χ3n) is 5.91. The second-order valence-electron chi connectivity index (χ2n) is 8.42. The summed E-state index contributed by atoms with van der Waals surface area (Å²) in [6.07, 6.45) is 5.24. The third-order valence-corrected chi connectivity index (χ3v) is 5.91. The molecule has 1 saturated heterocycles. The molecule has 1 unspecified atom stereocenters. The lowest BCUT2D eigenvalue weighted by Crippen LogP contribution is -2.29. The first kappa shape index (κ1) is 23.2. The summed E-state index contributed by atoms with van der Waals surface area (Å²) in [6.45, 7) is 4.84. The van der Waals surface area contributed by atoms with E-state index in [9.17, 15) is 14.7 Å². The zero-order valence-electron chi connectivity index (χ0n) is 19.4. The Morgan fingerprint density at radius 3 is 2.50 bits per heavy atom. The largest absolute Gasteiger partial charge is 0.507 e. The molecule has 1 aliphatic rings. The van der Waals surface area contributed by atoms with E-state index in [4.69, 9.17) is 4.74 Å². The van der Waals surface area contributed by atoms with Gasteiger partial charge in [0.05, 0.1) is 18.2 Å². The van der Waals surface area contributed by atoms with E-state index in [0.717, 1.165) is 24.0 Å². The Morgan fingerprint density at radius 2 is 1.79 bits per heavy atom. The highest BCUT2D eigenvalue weighted by atomic mass is 16.5. The van der Waals surface area contributed by atoms with Crippen molar-refractivity contribution in [2.45, 2.75) is 39.3 Å². The number of unbranched alkanes of at least 4 members (excludes halogenated alkanes) is 1. The van der Waals surface area contributed by atoms with Gasteiger partial charge < -0.3 is 14.7 Å². The minimum absolute atomic E-state index is 0.0774. The van der Waals surface area contributed by atoms with Crippen molar-refractivity contribution < 1.29 is 19.4 Å². The summed E-state index contributed by atoms with van der Waals surface area (Å²) in [4.78, 5) is 31.9. The molecule has 1 amide bonds. The number of carbonyl (C=O) groups excluding carboxylic acids is 2. The number of hydrogen-bond acceptors (Lipinski definition) is 5. The summed E-state index contributed by atoms with van der Waals surface area (Å²) in [5.41, 5.74) is 3.15. The molecule has 0 radical (unpaired) electrons. The highest BCUT2D eigenvalue weighted by molar-refractivity contribution is 6.46. The number of ketones is 1. The molecule has 3 aromatic rings. The third kappa shape index (κ3) is 4.86. The number of benzene rings is 2. The quantitative estimate of drug-likeness (QED) is 0.218. The van der Waals surface area contributed by atoms with Crippen LogP contribution in [-0.4, -0.2) is 33.3 Å². The summed E-state index contributed by atoms with van der Waals surface area (Å²) < 4.78 is 5.87. The first-order valence-electron chi connectivity index (χ1n) is 11.5. The molecule has 1 N–H and O–H groups in total. The van der Waals surface area contributed by atoms with Gasteiger partial charge >= 0.3 is 0 Å². The number of hydrogen-bond donors (Lipinski definition) is 1. The summed E-state index contributed by atoms with van der Waals surface area (Å²) in [6, 6.07) is 17.5. The SMILES string of the molecule is CCCCOc1cccc(C2/C(=C(\O)c3ccc(C)cc3)C(=O)C(=O)N2Cc2ccncc2)c1. The number of aromatic nitrogens is 1. The van der Waals surface area contributed by atoms with Crippen molar-refractivity contribution in [2.75, 3.05) is 6.61 Å². The van der Waals surface area contributed by atoms with E-state index in [-0.39, 0.29) is 17.9 Å². The molecule has 1 fully saturated rings. The molecule has 2 aromatic carbocycles. The Bertz CT molecular complexity index is 1200. The number of pyridine rings is 1. The van der Waals surface area contributed by atoms with Crippen LogP contribution in [0, 0.1) is 6.92 Å². The van der Waals surface area contributed by atoms with Gasteiger partial charge in [0.15, 0.2) is 0 Å². The molecule has 0 spiro atoms. The van der Waals surface area contributed by atoms with Gasteiger partial charge in [-0.2, -0.15) is 0 Å². The fourth-order valence-electron chi connectivity index (χ4n) is 4.05. The van der Waals surface area contributed by atoms with Gasteiger partial charge in [-0.25, -0.2) is 0 Å². The van der Waals surface area contributed by atoms with Crippen molar-refractivity contribution in [3.63, 3.8) is 0 Å². The lowest BCUT2D eigenvalue weighted by molar-refractivity contribution is -0.140. The van der Waals surface area contributed by atoms with Crippen molar-refractivity contribution in [3.05, 3.63) is 101 Å². The standard InChI is InChI=1S/C28H28N2O4/c1-3-4-16-34-23-7-5-6-22(17-23)25-24(26(31)21-10-8-19(2)9-11-21)27(32)28(33)30(25)18-20-12-14-29-15-13-20/h5-15,17,25,31H,3-4,16,18H2,1-2H3/b26-24+. The fraction of sp³-hybridized carbons (Fsp3) is 0.250. The van der Waals surface area contributed by atoms with E-state index < -0.39 is 17.7 Å². The molecule has 0 bridgehead atoms. The Balaban J connectivity index is 1.80. The second kappa shape index (κ2) is 10.3. The first-order chi connectivity index (χ1) is 16.5. The number of aliphatic hydroxyl groups is 1. The number of amides is 1. The fourth-order valence-corrected chi connectivity index (χ4v) is 4.05. The Labute approximate surface area is 199 Å². The molecule has 34 heavy (non-hydrogen) atoms. The second-order valence-corrected chi connectivity index (χ2v) is 8.42. The molecule has 6 heteroatoms. The van der Waals surface area contributed by atoms with Crippen molar-refractivity contribution in [1.82, 2.24) is 9.88 Å². The lowest BCUT2D eigenvalue weighted by Gasteiger charge is -2.26. The average Bonchev–Trinajstić information content (AvgIpc) is 3.10. The van der Waals surface area contributed by atoms with Crippen LogP contribution in [0.1, 0.15) is 48.1 Å². The number of aryl methyl sites for hydroxylation is 1. The van der Waals surface area contributed by atoms with Crippen molar-refractivity contribution in [2.24, 2.45) is 0 Å².